The average molecular weight is 325 g/mol. The Morgan fingerprint density at radius 1 is 1.27 bits per heavy atom. The normalized spacial score (nSPS) is 12.1. The van der Waals surface area contributed by atoms with E-state index in [-0.39, 0.29) is 4.90 Å². The molecule has 0 fully saturated rings. The van der Waals surface area contributed by atoms with E-state index in [0.29, 0.717) is 12.0 Å². The van der Waals surface area contributed by atoms with E-state index in [1.807, 2.05) is 13.8 Å². The molecule has 0 saturated heterocycles. The van der Waals surface area contributed by atoms with Crippen molar-refractivity contribution in [3.05, 3.63) is 41.6 Å². The number of carbonyl (C=O) groups excluding carboxylic acids is 1. The van der Waals surface area contributed by atoms with Crippen LogP contribution in [0.15, 0.2) is 40.9 Å². The molecule has 0 aliphatic rings. The average Bonchev–Trinajstić information content (AvgIpc) is 2.50. The Morgan fingerprint density at radius 2 is 1.86 bits per heavy atom. The van der Waals surface area contributed by atoms with Crippen LogP contribution in [0.4, 0.5) is 0 Å². The third kappa shape index (κ3) is 4.59. The minimum atomic E-state index is -3.67. The largest absolute Gasteiger partial charge is 0.466 e. The van der Waals surface area contributed by atoms with Gasteiger partial charge in [-0.25, -0.2) is 13.2 Å². The Bertz CT molecular complexity index is 633. The summed E-state index contributed by atoms with van der Waals surface area (Å²) >= 11 is 0. The van der Waals surface area contributed by atoms with Gasteiger partial charge in [0, 0.05) is 13.2 Å². The van der Waals surface area contributed by atoms with E-state index in [1.54, 1.807) is 24.3 Å². The first-order valence-electron chi connectivity index (χ1n) is 7.16. The van der Waals surface area contributed by atoms with Crippen LogP contribution in [0, 0.1) is 6.92 Å². The second-order valence-electron chi connectivity index (χ2n) is 5.08. The van der Waals surface area contributed by atoms with Crippen molar-refractivity contribution in [2.45, 2.75) is 38.0 Å². The Balaban J connectivity index is 3.09. The van der Waals surface area contributed by atoms with Crippen LogP contribution in [0.5, 0.6) is 0 Å². The van der Waals surface area contributed by atoms with Crippen molar-refractivity contribution >= 4 is 16.0 Å². The van der Waals surface area contributed by atoms with E-state index < -0.39 is 16.0 Å². The third-order valence-electron chi connectivity index (χ3n) is 3.28. The van der Waals surface area contributed by atoms with Gasteiger partial charge in [-0.15, -0.1) is 0 Å². The number of esters is 1. The van der Waals surface area contributed by atoms with Crippen LogP contribution in [-0.4, -0.2) is 32.8 Å². The second-order valence-corrected chi connectivity index (χ2v) is 7.08. The fourth-order valence-corrected chi connectivity index (χ4v) is 2.96. The molecule has 122 valence electrons. The first kappa shape index (κ1) is 18.2. The molecule has 0 aromatic heterocycles. The molecule has 0 atom stereocenters. The van der Waals surface area contributed by atoms with Crippen LogP contribution in [0.2, 0.25) is 0 Å². The van der Waals surface area contributed by atoms with E-state index in [4.69, 9.17) is 4.74 Å². The summed E-state index contributed by atoms with van der Waals surface area (Å²) in [5, 5.41) is 0. The van der Waals surface area contributed by atoms with Gasteiger partial charge < -0.3 is 4.74 Å². The number of rotatable bonds is 7. The topological polar surface area (TPSA) is 63.7 Å². The first-order chi connectivity index (χ1) is 10.3. The Labute approximate surface area is 132 Å². The van der Waals surface area contributed by atoms with Crippen LogP contribution in [0.25, 0.3) is 0 Å². The standard InChI is InChI=1S/C16H23NO4S/c1-5-6-7-14(16(18)21-4)12-17(3)22(19,20)15-10-8-13(2)9-11-15/h8-12H,5-7H2,1-4H3/b14-12+. The minimum Gasteiger partial charge on any atom is -0.466 e. The van der Waals surface area contributed by atoms with Gasteiger partial charge in [-0.3, -0.25) is 4.31 Å². The Morgan fingerprint density at radius 3 is 2.36 bits per heavy atom. The highest BCUT2D eigenvalue weighted by molar-refractivity contribution is 7.89. The number of carbonyl (C=O) groups is 1. The lowest BCUT2D eigenvalue weighted by Crippen LogP contribution is -2.23. The van der Waals surface area contributed by atoms with Crippen molar-refractivity contribution < 1.29 is 17.9 Å². The number of hydrogen-bond donors (Lipinski definition) is 0. The van der Waals surface area contributed by atoms with Gasteiger partial charge in [0.1, 0.15) is 0 Å². The van der Waals surface area contributed by atoms with Gasteiger partial charge >= 0.3 is 5.97 Å². The molecule has 0 radical (unpaired) electrons. The molecule has 5 nitrogen and oxygen atoms in total. The fraction of sp³-hybridized carbons (Fsp3) is 0.438. The number of ether oxygens (including phenoxy) is 1. The van der Waals surface area contributed by atoms with Crippen molar-refractivity contribution in [3.63, 3.8) is 0 Å². The maximum Gasteiger partial charge on any atom is 0.335 e. The van der Waals surface area contributed by atoms with Crippen molar-refractivity contribution in [2.75, 3.05) is 14.2 Å². The van der Waals surface area contributed by atoms with Crippen LogP contribution in [-0.2, 0) is 19.6 Å². The molecular weight excluding hydrogens is 302 g/mol. The predicted molar refractivity (Wildman–Crippen MR) is 85.8 cm³/mol. The molecule has 0 amide bonds. The second kappa shape index (κ2) is 7.98. The van der Waals surface area contributed by atoms with Gasteiger partial charge in [-0.05, 0) is 31.9 Å². The number of methoxy groups -OCH3 is 1. The van der Waals surface area contributed by atoms with Crippen molar-refractivity contribution in [1.82, 2.24) is 4.31 Å². The highest BCUT2D eigenvalue weighted by Gasteiger charge is 2.20. The summed E-state index contributed by atoms with van der Waals surface area (Å²) in [5.41, 5.74) is 1.33. The number of sulfonamides is 1. The molecule has 0 spiro atoms. The summed E-state index contributed by atoms with van der Waals surface area (Å²) in [7, 11) is -0.959. The van der Waals surface area contributed by atoms with E-state index >= 15 is 0 Å². The van der Waals surface area contributed by atoms with Crippen LogP contribution >= 0.6 is 0 Å². The predicted octanol–water partition coefficient (Wildman–Crippen LogP) is 2.86. The Hall–Kier alpha value is -1.82. The molecule has 0 heterocycles. The van der Waals surface area contributed by atoms with E-state index in [0.717, 1.165) is 22.7 Å². The molecule has 0 unspecified atom stereocenters. The van der Waals surface area contributed by atoms with Gasteiger partial charge in [-0.2, -0.15) is 0 Å². The summed E-state index contributed by atoms with van der Waals surface area (Å²) in [6.45, 7) is 3.89. The number of nitrogens with zero attached hydrogens (tertiary/aromatic N) is 1. The smallest absolute Gasteiger partial charge is 0.335 e. The maximum absolute atomic E-state index is 12.5. The third-order valence-corrected chi connectivity index (χ3v) is 5.01. The number of hydrogen-bond acceptors (Lipinski definition) is 4. The summed E-state index contributed by atoms with van der Waals surface area (Å²) in [6.07, 6.45) is 3.52. The summed E-state index contributed by atoms with van der Waals surface area (Å²) in [5.74, 6) is -0.501. The monoisotopic (exact) mass is 325 g/mol. The molecule has 0 aliphatic carbocycles. The highest BCUT2D eigenvalue weighted by atomic mass is 32.2. The number of aryl methyl sites for hydroxylation is 1. The zero-order chi connectivity index (χ0) is 16.8. The van der Waals surface area contributed by atoms with E-state index in [9.17, 15) is 13.2 Å². The molecule has 0 bridgehead atoms. The molecule has 0 saturated carbocycles. The van der Waals surface area contributed by atoms with E-state index in [2.05, 4.69) is 0 Å². The van der Waals surface area contributed by atoms with Crippen LogP contribution in [0.1, 0.15) is 31.7 Å². The van der Waals surface area contributed by atoms with Crippen LogP contribution in [0.3, 0.4) is 0 Å². The summed E-state index contributed by atoms with van der Waals surface area (Å²) < 4.78 is 30.8. The van der Waals surface area contributed by atoms with Gasteiger partial charge in [-0.1, -0.05) is 31.0 Å². The zero-order valence-corrected chi connectivity index (χ0v) is 14.3. The van der Waals surface area contributed by atoms with Gasteiger partial charge in [0.05, 0.1) is 17.6 Å². The number of unbranched alkanes of at least 4 members (excludes halogenated alkanes) is 1. The molecule has 0 N–H and O–H groups in total. The van der Waals surface area contributed by atoms with Gasteiger partial charge in [0.2, 0.25) is 0 Å². The fourth-order valence-electron chi connectivity index (χ4n) is 1.88. The molecule has 6 heteroatoms. The van der Waals surface area contributed by atoms with Crippen molar-refractivity contribution in [3.8, 4) is 0 Å². The lowest BCUT2D eigenvalue weighted by Gasteiger charge is -2.17. The number of benzene rings is 1. The lowest BCUT2D eigenvalue weighted by molar-refractivity contribution is -0.136. The molecule has 1 aromatic carbocycles. The highest BCUT2D eigenvalue weighted by Crippen LogP contribution is 2.18. The first-order valence-corrected chi connectivity index (χ1v) is 8.60. The molecular formula is C16H23NO4S. The van der Waals surface area contributed by atoms with Gasteiger partial charge in [0.25, 0.3) is 10.0 Å². The van der Waals surface area contributed by atoms with E-state index in [1.165, 1.54) is 20.4 Å². The maximum atomic E-state index is 12.5. The Kier molecular flexibility index (Phi) is 6.61. The van der Waals surface area contributed by atoms with Gasteiger partial charge in [0.15, 0.2) is 0 Å². The quantitative estimate of drug-likeness (QED) is 0.571. The SMILES string of the molecule is CCCC/C(=C\N(C)S(=O)(=O)c1ccc(C)cc1)C(=O)OC. The molecule has 0 aliphatic heterocycles. The zero-order valence-electron chi connectivity index (χ0n) is 13.5. The molecule has 1 aromatic rings. The molecule has 1 rings (SSSR count). The minimum absolute atomic E-state index is 0.191. The molecule has 22 heavy (non-hydrogen) atoms. The van der Waals surface area contributed by atoms with Crippen LogP contribution < -0.4 is 0 Å². The van der Waals surface area contributed by atoms with Crippen molar-refractivity contribution in [1.29, 1.82) is 0 Å². The van der Waals surface area contributed by atoms with Crippen molar-refractivity contribution in [2.24, 2.45) is 0 Å². The summed E-state index contributed by atoms with van der Waals surface area (Å²) in [4.78, 5) is 11.9. The summed E-state index contributed by atoms with van der Waals surface area (Å²) in [6, 6.07) is 6.59. The lowest BCUT2D eigenvalue weighted by atomic mass is 10.1.